The zero-order valence-corrected chi connectivity index (χ0v) is 17.7. The van der Waals surface area contributed by atoms with Crippen molar-refractivity contribution in [3.63, 3.8) is 0 Å². The molecule has 5 rings (SSSR count). The molecule has 2 heterocycles. The van der Waals surface area contributed by atoms with Gasteiger partial charge in [-0.05, 0) is 66.1 Å². The number of nitrogens with zero attached hydrogens (tertiary/aromatic N) is 3. The summed E-state index contributed by atoms with van der Waals surface area (Å²) in [4.78, 5) is 11.4. The summed E-state index contributed by atoms with van der Waals surface area (Å²) in [6.07, 6.45) is 2.09. The number of amides is 1. The number of fused-ring (bicyclic) bond motifs is 1. The van der Waals surface area contributed by atoms with Crippen LogP contribution in [0, 0.1) is 6.92 Å². The Morgan fingerprint density at radius 1 is 0.906 bits per heavy atom. The number of carbonyl (C=O) groups excluding carboxylic acids is 1. The Balaban J connectivity index is 1.40. The highest BCUT2D eigenvalue weighted by Gasteiger charge is 2.11. The Kier molecular flexibility index (Phi) is 4.75. The number of primary amides is 1. The number of nitrogens with two attached hydrogens (primary N) is 2. The van der Waals surface area contributed by atoms with Crippen LogP contribution in [-0.2, 0) is 6.54 Å². The van der Waals surface area contributed by atoms with E-state index < -0.39 is 5.91 Å². The van der Waals surface area contributed by atoms with Gasteiger partial charge in [-0.15, -0.1) is 0 Å². The number of benzene rings is 3. The lowest BCUT2D eigenvalue weighted by atomic mass is 10.0. The van der Waals surface area contributed by atoms with Crippen LogP contribution in [0.1, 0.15) is 21.7 Å². The SMILES string of the molecule is Cc1cc(C(N)=O)nn1-c1ccc2c(ccn2Cc2ccc(-c3ccc(N)cc3)cc2)c1. The van der Waals surface area contributed by atoms with Crippen LogP contribution in [0.15, 0.2) is 85.1 Å². The van der Waals surface area contributed by atoms with E-state index in [1.165, 1.54) is 11.1 Å². The Bertz CT molecular complexity index is 1430. The maximum atomic E-state index is 11.4. The zero-order chi connectivity index (χ0) is 22.2. The molecule has 6 nitrogen and oxygen atoms in total. The molecule has 0 aliphatic rings. The number of nitrogen functional groups attached to an aromatic ring is 1. The molecule has 2 aromatic heterocycles. The van der Waals surface area contributed by atoms with Gasteiger partial charge >= 0.3 is 0 Å². The first kappa shape index (κ1) is 19.6. The van der Waals surface area contributed by atoms with E-state index in [1.54, 1.807) is 10.7 Å². The van der Waals surface area contributed by atoms with Gasteiger partial charge in [0.2, 0.25) is 0 Å². The summed E-state index contributed by atoms with van der Waals surface area (Å²) in [6, 6.07) is 26.5. The smallest absolute Gasteiger partial charge is 0.269 e. The molecule has 158 valence electrons. The molecule has 0 aliphatic heterocycles. The van der Waals surface area contributed by atoms with E-state index in [0.717, 1.165) is 40.1 Å². The lowest BCUT2D eigenvalue weighted by Gasteiger charge is -2.09. The van der Waals surface area contributed by atoms with E-state index in [4.69, 9.17) is 11.5 Å². The van der Waals surface area contributed by atoms with Gasteiger partial charge in [0.05, 0.1) is 5.69 Å². The summed E-state index contributed by atoms with van der Waals surface area (Å²) in [5.41, 5.74) is 18.6. The lowest BCUT2D eigenvalue weighted by Crippen LogP contribution is -2.12. The first-order valence-electron chi connectivity index (χ1n) is 10.4. The summed E-state index contributed by atoms with van der Waals surface area (Å²) in [5.74, 6) is -0.526. The number of rotatable bonds is 5. The van der Waals surface area contributed by atoms with Crippen molar-refractivity contribution in [3.8, 4) is 16.8 Å². The topological polar surface area (TPSA) is 91.9 Å². The van der Waals surface area contributed by atoms with E-state index in [-0.39, 0.29) is 5.69 Å². The third-order valence-corrected chi connectivity index (χ3v) is 5.69. The summed E-state index contributed by atoms with van der Waals surface area (Å²) in [5, 5.41) is 5.44. The van der Waals surface area contributed by atoms with Crippen LogP contribution in [-0.4, -0.2) is 20.3 Å². The fourth-order valence-electron chi connectivity index (χ4n) is 3.99. The Morgan fingerprint density at radius 3 is 2.25 bits per heavy atom. The number of carbonyl (C=O) groups is 1. The molecule has 0 saturated carbocycles. The molecule has 0 radical (unpaired) electrons. The largest absolute Gasteiger partial charge is 0.399 e. The van der Waals surface area contributed by atoms with Crippen LogP contribution in [0.25, 0.3) is 27.7 Å². The van der Waals surface area contributed by atoms with Crippen LogP contribution in [0.2, 0.25) is 0 Å². The Labute approximate surface area is 185 Å². The average molecular weight is 422 g/mol. The highest BCUT2D eigenvalue weighted by Crippen LogP contribution is 2.24. The number of hydrogen-bond donors (Lipinski definition) is 2. The van der Waals surface area contributed by atoms with Gasteiger partial charge in [-0.2, -0.15) is 5.10 Å². The van der Waals surface area contributed by atoms with E-state index in [1.807, 2.05) is 37.3 Å². The van der Waals surface area contributed by atoms with Crippen LogP contribution >= 0.6 is 0 Å². The van der Waals surface area contributed by atoms with E-state index in [2.05, 4.69) is 58.3 Å². The standard InChI is InChI=1S/C26H23N5O/c1-17-14-24(26(28)32)29-31(17)23-10-11-25-21(15-23)12-13-30(25)16-18-2-4-19(5-3-18)20-6-8-22(27)9-7-20/h2-15H,16,27H2,1H3,(H2,28,32). The van der Waals surface area contributed by atoms with Crippen LogP contribution in [0.4, 0.5) is 5.69 Å². The molecule has 5 aromatic rings. The third kappa shape index (κ3) is 3.63. The van der Waals surface area contributed by atoms with Crippen LogP contribution < -0.4 is 11.5 Å². The van der Waals surface area contributed by atoms with Crippen LogP contribution in [0.3, 0.4) is 0 Å². The molecule has 0 spiro atoms. The number of aromatic nitrogens is 3. The maximum Gasteiger partial charge on any atom is 0.269 e. The van der Waals surface area contributed by atoms with Crippen LogP contribution in [0.5, 0.6) is 0 Å². The third-order valence-electron chi connectivity index (χ3n) is 5.69. The number of hydrogen-bond acceptors (Lipinski definition) is 3. The van der Waals surface area contributed by atoms with Crippen molar-refractivity contribution in [2.45, 2.75) is 13.5 Å². The van der Waals surface area contributed by atoms with Gasteiger partial charge in [-0.25, -0.2) is 4.68 Å². The molecule has 4 N–H and O–H groups in total. The second-order valence-electron chi connectivity index (χ2n) is 7.95. The monoisotopic (exact) mass is 421 g/mol. The van der Waals surface area contributed by atoms with Crippen molar-refractivity contribution in [3.05, 3.63) is 102 Å². The van der Waals surface area contributed by atoms with Gasteiger partial charge in [-0.3, -0.25) is 4.79 Å². The number of anilines is 1. The molecule has 0 saturated heterocycles. The Morgan fingerprint density at radius 2 is 1.59 bits per heavy atom. The van der Waals surface area contributed by atoms with E-state index in [0.29, 0.717) is 0 Å². The summed E-state index contributed by atoms with van der Waals surface area (Å²) in [7, 11) is 0. The molecule has 32 heavy (non-hydrogen) atoms. The minimum absolute atomic E-state index is 0.266. The Hall–Kier alpha value is -4.32. The highest BCUT2D eigenvalue weighted by atomic mass is 16.1. The molecule has 3 aromatic carbocycles. The lowest BCUT2D eigenvalue weighted by molar-refractivity contribution is 0.0995. The summed E-state index contributed by atoms with van der Waals surface area (Å²) < 4.78 is 3.97. The zero-order valence-electron chi connectivity index (χ0n) is 17.7. The summed E-state index contributed by atoms with van der Waals surface area (Å²) in [6.45, 7) is 2.68. The van der Waals surface area contributed by atoms with Crippen molar-refractivity contribution in [2.75, 3.05) is 5.73 Å². The van der Waals surface area contributed by atoms with Crippen molar-refractivity contribution >= 4 is 22.5 Å². The van der Waals surface area contributed by atoms with Gasteiger partial charge in [-0.1, -0.05) is 36.4 Å². The second kappa shape index (κ2) is 7.74. The van der Waals surface area contributed by atoms with Gasteiger partial charge in [0, 0.05) is 35.0 Å². The van der Waals surface area contributed by atoms with Gasteiger partial charge < -0.3 is 16.0 Å². The molecule has 0 fully saturated rings. The fraction of sp³-hybridized carbons (Fsp3) is 0.0769. The van der Waals surface area contributed by atoms with Gasteiger partial charge in [0.25, 0.3) is 5.91 Å². The molecular weight excluding hydrogens is 398 g/mol. The van der Waals surface area contributed by atoms with E-state index >= 15 is 0 Å². The molecule has 0 unspecified atom stereocenters. The highest BCUT2D eigenvalue weighted by molar-refractivity contribution is 5.91. The van der Waals surface area contributed by atoms with E-state index in [9.17, 15) is 4.79 Å². The molecule has 0 atom stereocenters. The summed E-state index contributed by atoms with van der Waals surface area (Å²) >= 11 is 0. The van der Waals surface area contributed by atoms with Gasteiger partial charge in [0.15, 0.2) is 5.69 Å². The predicted octanol–water partition coefficient (Wildman–Crippen LogP) is 4.53. The minimum atomic E-state index is -0.526. The first-order valence-corrected chi connectivity index (χ1v) is 10.4. The fourth-order valence-corrected chi connectivity index (χ4v) is 3.99. The number of aryl methyl sites for hydroxylation is 1. The molecule has 0 aliphatic carbocycles. The van der Waals surface area contributed by atoms with Crippen molar-refractivity contribution in [1.82, 2.24) is 14.3 Å². The molecular formula is C26H23N5O. The van der Waals surface area contributed by atoms with Gasteiger partial charge in [0.1, 0.15) is 0 Å². The second-order valence-corrected chi connectivity index (χ2v) is 7.95. The first-order chi connectivity index (χ1) is 15.5. The average Bonchev–Trinajstić information content (AvgIpc) is 3.38. The maximum absolute atomic E-state index is 11.4. The molecule has 0 bridgehead atoms. The van der Waals surface area contributed by atoms with Crippen molar-refractivity contribution in [1.29, 1.82) is 0 Å². The quantitative estimate of drug-likeness (QED) is 0.408. The van der Waals surface area contributed by atoms with Crippen molar-refractivity contribution < 1.29 is 4.79 Å². The molecule has 6 heteroatoms. The normalized spacial score (nSPS) is 11.2. The van der Waals surface area contributed by atoms with Crippen molar-refractivity contribution in [2.24, 2.45) is 5.73 Å². The predicted molar refractivity (Wildman–Crippen MR) is 128 cm³/mol. The minimum Gasteiger partial charge on any atom is -0.399 e. The molecule has 1 amide bonds.